The normalized spacial score (nSPS) is 9.73. The van der Waals surface area contributed by atoms with Gasteiger partial charge in [0.2, 0.25) is 5.91 Å². The third-order valence-corrected chi connectivity index (χ3v) is 1.82. The summed E-state index contributed by atoms with van der Waals surface area (Å²) in [6.07, 6.45) is 0.397. The molecule has 1 aromatic rings. The zero-order chi connectivity index (χ0) is 11.3. The van der Waals surface area contributed by atoms with Gasteiger partial charge in [-0.2, -0.15) is 5.10 Å². The van der Waals surface area contributed by atoms with Crippen LogP contribution in [0.2, 0.25) is 0 Å². The van der Waals surface area contributed by atoms with Gasteiger partial charge in [-0.05, 0) is 6.07 Å². The van der Waals surface area contributed by atoms with Gasteiger partial charge in [0.1, 0.15) is 5.82 Å². The van der Waals surface area contributed by atoms with E-state index in [2.05, 4.69) is 15.5 Å². The Morgan fingerprint density at radius 2 is 2.27 bits per heavy atom. The second-order valence-corrected chi connectivity index (χ2v) is 3.27. The number of nitrogens with zero attached hydrogens (tertiary/aromatic N) is 2. The average Bonchev–Trinajstić information content (AvgIpc) is 2.20. The molecule has 0 bridgehead atoms. The summed E-state index contributed by atoms with van der Waals surface area (Å²) in [5, 5.41) is 8.97. The van der Waals surface area contributed by atoms with E-state index in [1.165, 1.54) is 11.0 Å². The Morgan fingerprint density at radius 3 is 2.80 bits per heavy atom. The number of amides is 1. The first-order valence-electron chi connectivity index (χ1n) is 4.59. The van der Waals surface area contributed by atoms with Crippen LogP contribution in [0.15, 0.2) is 16.9 Å². The molecule has 0 fully saturated rings. The van der Waals surface area contributed by atoms with E-state index in [-0.39, 0.29) is 11.5 Å². The minimum atomic E-state index is -0.245. The molecule has 0 aromatic carbocycles. The Morgan fingerprint density at radius 1 is 1.53 bits per heavy atom. The molecule has 1 rings (SSSR count). The van der Waals surface area contributed by atoms with Crippen LogP contribution in [0.25, 0.3) is 0 Å². The van der Waals surface area contributed by atoms with Crippen molar-refractivity contribution in [1.29, 1.82) is 0 Å². The van der Waals surface area contributed by atoms with Crippen molar-refractivity contribution in [2.45, 2.75) is 6.42 Å². The highest BCUT2D eigenvalue weighted by Crippen LogP contribution is 1.96. The van der Waals surface area contributed by atoms with Crippen molar-refractivity contribution in [3.63, 3.8) is 0 Å². The number of aromatic nitrogens is 2. The third kappa shape index (κ3) is 3.80. The van der Waals surface area contributed by atoms with Gasteiger partial charge >= 0.3 is 0 Å². The van der Waals surface area contributed by atoms with Gasteiger partial charge in [-0.1, -0.05) is 0 Å². The van der Waals surface area contributed by atoms with Crippen LogP contribution in [-0.4, -0.2) is 41.6 Å². The maximum atomic E-state index is 11.2. The summed E-state index contributed by atoms with van der Waals surface area (Å²) in [6, 6.07) is 2.95. The Kier molecular flexibility index (Phi) is 3.84. The van der Waals surface area contributed by atoms with Crippen molar-refractivity contribution in [1.82, 2.24) is 15.1 Å². The van der Waals surface area contributed by atoms with Crippen LogP contribution >= 0.6 is 0 Å². The largest absolute Gasteiger partial charge is 0.368 e. The van der Waals surface area contributed by atoms with Crippen LogP contribution in [0.5, 0.6) is 0 Å². The molecule has 0 saturated heterocycles. The summed E-state index contributed by atoms with van der Waals surface area (Å²) in [5.41, 5.74) is -0.245. The Bertz CT molecular complexity index is 365. The van der Waals surface area contributed by atoms with Crippen LogP contribution in [-0.2, 0) is 4.79 Å². The Hall–Kier alpha value is -1.85. The monoisotopic (exact) mass is 210 g/mol. The topological polar surface area (TPSA) is 78.1 Å². The number of hydrogen-bond acceptors (Lipinski definition) is 4. The lowest BCUT2D eigenvalue weighted by Gasteiger charge is -2.10. The zero-order valence-corrected chi connectivity index (χ0v) is 8.78. The lowest BCUT2D eigenvalue weighted by Crippen LogP contribution is -2.24. The molecule has 0 aliphatic carbocycles. The number of rotatable bonds is 4. The van der Waals surface area contributed by atoms with Gasteiger partial charge in [0.15, 0.2) is 0 Å². The van der Waals surface area contributed by atoms with E-state index >= 15 is 0 Å². The predicted octanol–water partition coefficient (Wildman–Crippen LogP) is -0.340. The van der Waals surface area contributed by atoms with Gasteiger partial charge < -0.3 is 10.2 Å². The van der Waals surface area contributed by atoms with E-state index in [0.29, 0.717) is 18.8 Å². The molecule has 1 aromatic heterocycles. The summed E-state index contributed by atoms with van der Waals surface area (Å²) in [4.78, 5) is 23.4. The highest BCUT2D eigenvalue weighted by molar-refractivity contribution is 5.76. The number of hydrogen-bond donors (Lipinski definition) is 2. The molecular formula is C9H14N4O2. The number of carbonyl (C=O) groups is 1. The van der Waals surface area contributed by atoms with Crippen molar-refractivity contribution < 1.29 is 4.79 Å². The smallest absolute Gasteiger partial charge is 0.264 e. The fourth-order valence-electron chi connectivity index (χ4n) is 0.964. The number of nitrogens with one attached hydrogen (secondary N) is 2. The van der Waals surface area contributed by atoms with Crippen molar-refractivity contribution in [3.05, 3.63) is 22.5 Å². The zero-order valence-electron chi connectivity index (χ0n) is 8.78. The van der Waals surface area contributed by atoms with E-state index in [1.54, 1.807) is 20.2 Å². The maximum absolute atomic E-state index is 11.2. The van der Waals surface area contributed by atoms with Gasteiger partial charge in [0, 0.05) is 33.1 Å². The number of carbonyl (C=O) groups excluding carboxylic acids is 1. The van der Waals surface area contributed by atoms with E-state index in [0.717, 1.165) is 0 Å². The average molecular weight is 210 g/mol. The maximum Gasteiger partial charge on any atom is 0.264 e. The first kappa shape index (κ1) is 11.2. The predicted molar refractivity (Wildman–Crippen MR) is 56.7 cm³/mol. The molecule has 6 heteroatoms. The van der Waals surface area contributed by atoms with Gasteiger partial charge in [-0.3, -0.25) is 9.59 Å². The van der Waals surface area contributed by atoms with Crippen LogP contribution < -0.4 is 10.9 Å². The summed E-state index contributed by atoms with van der Waals surface area (Å²) in [6.45, 7) is 0.496. The van der Waals surface area contributed by atoms with Gasteiger partial charge in [0.05, 0.1) is 0 Å². The highest BCUT2D eigenvalue weighted by atomic mass is 16.2. The van der Waals surface area contributed by atoms with Crippen molar-refractivity contribution >= 4 is 11.7 Å². The van der Waals surface area contributed by atoms with Crippen molar-refractivity contribution in [3.8, 4) is 0 Å². The number of anilines is 1. The van der Waals surface area contributed by atoms with E-state index in [9.17, 15) is 9.59 Å². The molecule has 6 nitrogen and oxygen atoms in total. The first-order chi connectivity index (χ1) is 7.09. The van der Waals surface area contributed by atoms with Crippen LogP contribution in [0.4, 0.5) is 5.82 Å². The minimum Gasteiger partial charge on any atom is -0.368 e. The van der Waals surface area contributed by atoms with Gasteiger partial charge in [0.25, 0.3) is 5.56 Å². The number of H-pyrrole nitrogens is 1. The molecule has 15 heavy (non-hydrogen) atoms. The summed E-state index contributed by atoms with van der Waals surface area (Å²) < 4.78 is 0. The summed E-state index contributed by atoms with van der Waals surface area (Å²) in [7, 11) is 3.42. The molecule has 0 aliphatic rings. The Labute approximate surface area is 87.3 Å². The molecule has 1 amide bonds. The lowest BCUT2D eigenvalue weighted by molar-refractivity contribution is -0.128. The molecular weight excluding hydrogens is 196 g/mol. The van der Waals surface area contributed by atoms with E-state index < -0.39 is 0 Å². The van der Waals surface area contributed by atoms with Crippen LogP contribution in [0.1, 0.15) is 6.42 Å². The highest BCUT2D eigenvalue weighted by Gasteiger charge is 2.02. The quantitative estimate of drug-likeness (QED) is 0.712. The number of aromatic amines is 1. The first-order valence-corrected chi connectivity index (χ1v) is 4.59. The van der Waals surface area contributed by atoms with Crippen molar-refractivity contribution in [2.24, 2.45) is 0 Å². The molecule has 0 radical (unpaired) electrons. The third-order valence-electron chi connectivity index (χ3n) is 1.82. The molecule has 82 valence electrons. The summed E-state index contributed by atoms with van der Waals surface area (Å²) in [5.74, 6) is 0.605. The molecule has 1 heterocycles. The van der Waals surface area contributed by atoms with Crippen molar-refractivity contribution in [2.75, 3.05) is 26.0 Å². The van der Waals surface area contributed by atoms with E-state index in [4.69, 9.17) is 0 Å². The van der Waals surface area contributed by atoms with Crippen LogP contribution in [0.3, 0.4) is 0 Å². The molecule has 0 atom stereocenters. The molecule has 0 unspecified atom stereocenters. The van der Waals surface area contributed by atoms with Crippen LogP contribution in [0, 0.1) is 0 Å². The lowest BCUT2D eigenvalue weighted by atomic mass is 10.4. The van der Waals surface area contributed by atoms with Gasteiger partial charge in [-0.15, -0.1) is 0 Å². The SMILES string of the molecule is CN(C)C(=O)CCNc1ccc(=O)[nH]n1. The second-order valence-electron chi connectivity index (χ2n) is 3.27. The van der Waals surface area contributed by atoms with E-state index in [1.807, 2.05) is 0 Å². The molecule has 2 N–H and O–H groups in total. The minimum absolute atomic E-state index is 0.0481. The molecule has 0 saturated carbocycles. The molecule has 0 aliphatic heterocycles. The second kappa shape index (κ2) is 5.14. The Balaban J connectivity index is 2.35. The molecule has 0 spiro atoms. The standard InChI is InChI=1S/C9H14N4O2/c1-13(2)9(15)5-6-10-7-3-4-8(14)12-11-7/h3-4H,5-6H2,1-2H3,(H,10,11)(H,12,14). The summed E-state index contributed by atoms with van der Waals surface area (Å²) >= 11 is 0. The van der Waals surface area contributed by atoms with Gasteiger partial charge in [-0.25, -0.2) is 5.10 Å². The fourth-order valence-corrected chi connectivity index (χ4v) is 0.964. The fraction of sp³-hybridized carbons (Fsp3) is 0.444.